The molecule has 156 valence electrons. The van der Waals surface area contributed by atoms with E-state index < -0.39 is 0 Å². The van der Waals surface area contributed by atoms with Crippen LogP contribution in [0.25, 0.3) is 10.9 Å². The van der Waals surface area contributed by atoms with Crippen LogP contribution in [-0.4, -0.2) is 41.1 Å². The SMILES string of the molecule is Cc1ccc(Nc2nccc(N3CCN(c4ccnc5cc(Cl)ccc45)CC3)n2)cc1. The second kappa shape index (κ2) is 8.40. The van der Waals surface area contributed by atoms with E-state index in [-0.39, 0.29) is 0 Å². The second-order valence-corrected chi connectivity index (χ2v) is 8.13. The minimum Gasteiger partial charge on any atom is -0.367 e. The summed E-state index contributed by atoms with van der Waals surface area (Å²) < 4.78 is 0. The van der Waals surface area contributed by atoms with Crippen LogP contribution in [0.1, 0.15) is 5.56 Å². The number of anilines is 4. The lowest BCUT2D eigenvalue weighted by molar-refractivity contribution is 0.648. The minimum atomic E-state index is 0.612. The van der Waals surface area contributed by atoms with Gasteiger partial charge in [0.15, 0.2) is 0 Å². The Morgan fingerprint density at radius 1 is 0.839 bits per heavy atom. The molecule has 0 saturated carbocycles. The summed E-state index contributed by atoms with van der Waals surface area (Å²) in [6, 6.07) is 18.2. The Balaban J connectivity index is 1.29. The van der Waals surface area contributed by atoms with E-state index in [4.69, 9.17) is 16.6 Å². The highest BCUT2D eigenvalue weighted by Gasteiger charge is 2.20. The van der Waals surface area contributed by atoms with Crippen molar-refractivity contribution in [3.8, 4) is 0 Å². The van der Waals surface area contributed by atoms with Gasteiger partial charge in [-0.2, -0.15) is 4.98 Å². The van der Waals surface area contributed by atoms with E-state index in [1.807, 2.05) is 42.7 Å². The molecule has 1 saturated heterocycles. The second-order valence-electron chi connectivity index (χ2n) is 7.70. The van der Waals surface area contributed by atoms with Crippen LogP contribution in [0.3, 0.4) is 0 Å². The van der Waals surface area contributed by atoms with Gasteiger partial charge in [-0.05, 0) is 49.4 Å². The number of hydrogen-bond acceptors (Lipinski definition) is 6. The first-order valence-electron chi connectivity index (χ1n) is 10.4. The van der Waals surface area contributed by atoms with Crippen molar-refractivity contribution in [2.24, 2.45) is 0 Å². The maximum atomic E-state index is 6.14. The number of aromatic nitrogens is 3. The number of hydrogen-bond donors (Lipinski definition) is 1. The van der Waals surface area contributed by atoms with Crippen LogP contribution in [-0.2, 0) is 0 Å². The maximum Gasteiger partial charge on any atom is 0.229 e. The molecule has 31 heavy (non-hydrogen) atoms. The minimum absolute atomic E-state index is 0.612. The summed E-state index contributed by atoms with van der Waals surface area (Å²) in [6.07, 6.45) is 3.67. The molecular weight excluding hydrogens is 408 g/mol. The first kappa shape index (κ1) is 19.6. The van der Waals surface area contributed by atoms with Gasteiger partial charge in [0.1, 0.15) is 5.82 Å². The van der Waals surface area contributed by atoms with Crippen molar-refractivity contribution in [3.63, 3.8) is 0 Å². The lowest BCUT2D eigenvalue weighted by Crippen LogP contribution is -2.47. The Kier molecular flexibility index (Phi) is 5.30. The Morgan fingerprint density at radius 2 is 1.58 bits per heavy atom. The molecule has 0 atom stereocenters. The average Bonchev–Trinajstić information content (AvgIpc) is 2.80. The van der Waals surface area contributed by atoms with Gasteiger partial charge in [0.2, 0.25) is 5.95 Å². The number of nitrogens with one attached hydrogen (secondary N) is 1. The van der Waals surface area contributed by atoms with E-state index >= 15 is 0 Å². The Bertz CT molecular complexity index is 1200. The molecule has 3 heterocycles. The third-order valence-electron chi connectivity index (χ3n) is 5.57. The zero-order chi connectivity index (χ0) is 21.2. The highest BCUT2D eigenvalue weighted by atomic mass is 35.5. The van der Waals surface area contributed by atoms with Crippen LogP contribution in [0.2, 0.25) is 5.02 Å². The Hall–Kier alpha value is -3.38. The van der Waals surface area contributed by atoms with E-state index in [1.54, 1.807) is 0 Å². The van der Waals surface area contributed by atoms with E-state index in [9.17, 15) is 0 Å². The molecule has 0 bridgehead atoms. The Morgan fingerprint density at radius 3 is 2.39 bits per heavy atom. The first-order valence-corrected chi connectivity index (χ1v) is 10.7. The number of pyridine rings is 1. The van der Waals surface area contributed by atoms with Crippen molar-refractivity contribution in [3.05, 3.63) is 77.6 Å². The lowest BCUT2D eigenvalue weighted by Gasteiger charge is -2.37. The smallest absolute Gasteiger partial charge is 0.229 e. The molecule has 1 aliphatic heterocycles. The van der Waals surface area contributed by atoms with Crippen LogP contribution in [0.5, 0.6) is 0 Å². The van der Waals surface area contributed by atoms with E-state index in [0.29, 0.717) is 11.0 Å². The summed E-state index contributed by atoms with van der Waals surface area (Å²) in [5.74, 6) is 1.55. The molecular formula is C24H23ClN6. The largest absolute Gasteiger partial charge is 0.367 e. The maximum absolute atomic E-state index is 6.14. The monoisotopic (exact) mass is 430 g/mol. The summed E-state index contributed by atoms with van der Waals surface area (Å²) in [7, 11) is 0. The third-order valence-corrected chi connectivity index (χ3v) is 5.81. The van der Waals surface area contributed by atoms with Crippen molar-refractivity contribution in [2.45, 2.75) is 6.92 Å². The van der Waals surface area contributed by atoms with Crippen molar-refractivity contribution >= 4 is 45.6 Å². The van der Waals surface area contributed by atoms with Gasteiger partial charge < -0.3 is 15.1 Å². The molecule has 7 heteroatoms. The number of fused-ring (bicyclic) bond motifs is 1. The van der Waals surface area contributed by atoms with Crippen molar-refractivity contribution < 1.29 is 0 Å². The number of rotatable bonds is 4. The van der Waals surface area contributed by atoms with Crippen LogP contribution >= 0.6 is 11.6 Å². The molecule has 0 radical (unpaired) electrons. The van der Waals surface area contributed by atoms with Gasteiger partial charge in [-0.25, -0.2) is 4.98 Å². The average molecular weight is 431 g/mol. The molecule has 0 unspecified atom stereocenters. The lowest BCUT2D eigenvalue weighted by atomic mass is 10.1. The van der Waals surface area contributed by atoms with Crippen LogP contribution in [0.4, 0.5) is 23.1 Å². The van der Waals surface area contributed by atoms with E-state index in [1.165, 1.54) is 11.3 Å². The molecule has 0 aliphatic carbocycles. The molecule has 1 fully saturated rings. The number of benzene rings is 2. The molecule has 5 rings (SSSR count). The normalized spacial score (nSPS) is 14.1. The molecule has 2 aromatic carbocycles. The Labute approximate surface area is 186 Å². The van der Waals surface area contributed by atoms with Gasteiger partial charge in [-0.15, -0.1) is 0 Å². The van der Waals surface area contributed by atoms with Gasteiger partial charge in [-0.1, -0.05) is 29.3 Å². The summed E-state index contributed by atoms with van der Waals surface area (Å²) in [5, 5.41) is 5.13. The summed E-state index contributed by atoms with van der Waals surface area (Å²) in [5.41, 5.74) is 4.33. The van der Waals surface area contributed by atoms with Crippen LogP contribution in [0.15, 0.2) is 67.0 Å². The van der Waals surface area contributed by atoms with Gasteiger partial charge in [-0.3, -0.25) is 4.98 Å². The molecule has 0 spiro atoms. The van der Waals surface area contributed by atoms with Crippen molar-refractivity contribution in [2.75, 3.05) is 41.3 Å². The van der Waals surface area contributed by atoms with Crippen molar-refractivity contribution in [1.29, 1.82) is 0 Å². The standard InChI is InChI=1S/C24H23ClN6/c1-17-2-5-19(6-3-17)28-24-27-11-9-23(29-24)31-14-12-30(13-15-31)22-8-10-26-21-16-18(25)4-7-20(21)22/h2-11,16H,12-15H2,1H3,(H,27,28,29). The molecule has 0 amide bonds. The molecule has 1 N–H and O–H groups in total. The predicted octanol–water partition coefficient (Wildman–Crippen LogP) is 5.06. The van der Waals surface area contributed by atoms with Gasteiger partial charge in [0.05, 0.1) is 5.52 Å². The number of halogens is 1. The zero-order valence-corrected chi connectivity index (χ0v) is 18.0. The van der Waals surface area contributed by atoms with Gasteiger partial charge in [0.25, 0.3) is 0 Å². The summed E-state index contributed by atoms with van der Waals surface area (Å²) in [4.78, 5) is 18.3. The zero-order valence-electron chi connectivity index (χ0n) is 17.3. The van der Waals surface area contributed by atoms with E-state index in [0.717, 1.165) is 48.6 Å². The van der Waals surface area contributed by atoms with Crippen LogP contribution < -0.4 is 15.1 Å². The van der Waals surface area contributed by atoms with Crippen LogP contribution in [0, 0.1) is 6.92 Å². The number of aryl methyl sites for hydroxylation is 1. The molecule has 6 nitrogen and oxygen atoms in total. The third kappa shape index (κ3) is 4.25. The van der Waals surface area contributed by atoms with Gasteiger partial charge >= 0.3 is 0 Å². The van der Waals surface area contributed by atoms with Crippen molar-refractivity contribution in [1.82, 2.24) is 15.0 Å². The summed E-state index contributed by atoms with van der Waals surface area (Å²) >= 11 is 6.14. The van der Waals surface area contributed by atoms with Gasteiger partial charge in [0, 0.05) is 60.4 Å². The molecule has 4 aromatic rings. The number of nitrogens with zero attached hydrogens (tertiary/aromatic N) is 5. The fourth-order valence-electron chi connectivity index (χ4n) is 3.91. The quantitative estimate of drug-likeness (QED) is 0.488. The highest BCUT2D eigenvalue weighted by molar-refractivity contribution is 6.31. The summed E-state index contributed by atoms with van der Waals surface area (Å²) in [6.45, 7) is 5.67. The fraction of sp³-hybridized carbons (Fsp3) is 0.208. The topological polar surface area (TPSA) is 57.2 Å². The highest BCUT2D eigenvalue weighted by Crippen LogP contribution is 2.29. The predicted molar refractivity (Wildman–Crippen MR) is 128 cm³/mol. The fourth-order valence-corrected chi connectivity index (χ4v) is 4.08. The number of piperazine rings is 1. The molecule has 2 aromatic heterocycles. The first-order chi connectivity index (χ1) is 15.2. The molecule has 1 aliphatic rings. The van der Waals surface area contributed by atoms with E-state index in [2.05, 4.69) is 56.3 Å².